The highest BCUT2D eigenvalue weighted by Gasteiger charge is 2.08. The van der Waals surface area contributed by atoms with Crippen molar-refractivity contribution in [3.05, 3.63) is 48.5 Å². The minimum Gasteiger partial charge on any atom is -0.478 e. The van der Waals surface area contributed by atoms with Crippen LogP contribution in [0.5, 0.6) is 0 Å². The number of rotatable bonds is 3. The molecule has 0 saturated heterocycles. The first-order valence-corrected chi connectivity index (χ1v) is 6.25. The molecule has 0 radical (unpaired) electrons. The summed E-state index contributed by atoms with van der Waals surface area (Å²) in [4.78, 5) is 19.1. The van der Waals surface area contributed by atoms with Crippen LogP contribution in [0.15, 0.2) is 57.4 Å². The van der Waals surface area contributed by atoms with E-state index in [0.29, 0.717) is 5.03 Å². The molecule has 0 amide bonds. The second kappa shape index (κ2) is 4.74. The molecule has 0 fully saturated rings. The van der Waals surface area contributed by atoms with Gasteiger partial charge >= 0.3 is 5.97 Å². The Kier molecular flexibility index (Phi) is 2.92. The molecule has 6 heteroatoms. The molecule has 0 aliphatic heterocycles. The summed E-state index contributed by atoms with van der Waals surface area (Å²) in [5.41, 5.74) is 0.929. The fraction of sp³-hybridized carbons (Fsp3) is 0. The van der Waals surface area contributed by atoms with E-state index in [2.05, 4.69) is 9.97 Å². The number of fused-ring (bicyclic) bond motifs is 1. The topological polar surface area (TPSA) is 76.2 Å². The van der Waals surface area contributed by atoms with Gasteiger partial charge in [-0.25, -0.2) is 14.8 Å². The molecule has 0 aliphatic rings. The average Bonchev–Trinajstić information content (AvgIpc) is 2.89. The summed E-state index contributed by atoms with van der Waals surface area (Å²) in [6, 6.07) is 6.82. The Labute approximate surface area is 112 Å². The van der Waals surface area contributed by atoms with Gasteiger partial charge in [-0.2, -0.15) is 0 Å². The summed E-state index contributed by atoms with van der Waals surface area (Å²) in [6.45, 7) is 0. The van der Waals surface area contributed by atoms with Crippen molar-refractivity contribution < 1.29 is 14.3 Å². The lowest BCUT2D eigenvalue weighted by Crippen LogP contribution is -1.96. The fourth-order valence-electron chi connectivity index (χ4n) is 1.62. The predicted octanol–water partition coefficient (Wildman–Crippen LogP) is 3.07. The molecule has 0 spiro atoms. The number of hydrogen-bond acceptors (Lipinski definition) is 5. The summed E-state index contributed by atoms with van der Waals surface area (Å²) >= 11 is 1.37. The monoisotopic (exact) mass is 272 g/mol. The third-order valence-corrected chi connectivity index (χ3v) is 3.50. The Balaban J connectivity index is 1.92. The van der Waals surface area contributed by atoms with E-state index in [0.717, 1.165) is 16.0 Å². The smallest absolute Gasteiger partial charge is 0.337 e. The molecule has 0 unspecified atom stereocenters. The molecule has 0 saturated carbocycles. The molecule has 3 aromatic rings. The lowest BCUT2D eigenvalue weighted by atomic mass is 10.3. The molecule has 1 N–H and O–H groups in total. The molecule has 0 atom stereocenters. The predicted molar refractivity (Wildman–Crippen MR) is 69.3 cm³/mol. The van der Waals surface area contributed by atoms with E-state index < -0.39 is 5.97 Å². The Morgan fingerprint density at radius 3 is 2.84 bits per heavy atom. The van der Waals surface area contributed by atoms with Crippen molar-refractivity contribution in [2.45, 2.75) is 10.1 Å². The van der Waals surface area contributed by atoms with Crippen LogP contribution in [0.3, 0.4) is 0 Å². The molecular weight excluding hydrogens is 264 g/mol. The van der Waals surface area contributed by atoms with E-state index in [1.807, 2.05) is 6.07 Å². The summed E-state index contributed by atoms with van der Waals surface area (Å²) in [5.74, 6) is -0.987. The van der Waals surface area contributed by atoms with Crippen LogP contribution in [0.1, 0.15) is 10.4 Å². The number of nitrogens with zero attached hydrogens (tertiary/aromatic N) is 2. The second-order valence-corrected chi connectivity index (χ2v) is 4.75. The molecule has 19 heavy (non-hydrogen) atoms. The summed E-state index contributed by atoms with van der Waals surface area (Å²) < 4.78 is 5.30. The van der Waals surface area contributed by atoms with Crippen molar-refractivity contribution in [1.82, 2.24) is 9.97 Å². The zero-order valence-corrected chi connectivity index (χ0v) is 10.4. The fourth-order valence-corrected chi connectivity index (χ4v) is 2.45. The van der Waals surface area contributed by atoms with Crippen molar-refractivity contribution in [2.75, 3.05) is 0 Å². The molecule has 3 heterocycles. The summed E-state index contributed by atoms with van der Waals surface area (Å²) in [7, 11) is 0. The number of aromatic nitrogens is 2. The number of carboxylic acid groups (broad SMARTS) is 1. The van der Waals surface area contributed by atoms with Crippen molar-refractivity contribution in [3.63, 3.8) is 0 Å². The van der Waals surface area contributed by atoms with E-state index in [4.69, 9.17) is 9.52 Å². The van der Waals surface area contributed by atoms with Gasteiger partial charge in [-0.05, 0) is 36.0 Å². The number of carboxylic acids is 1. The number of carbonyl (C=O) groups is 1. The van der Waals surface area contributed by atoms with Crippen LogP contribution in [0.4, 0.5) is 0 Å². The summed E-state index contributed by atoms with van der Waals surface area (Å²) in [5, 5.41) is 11.2. The largest absolute Gasteiger partial charge is 0.478 e. The number of pyridine rings is 2. The minimum absolute atomic E-state index is 0.166. The summed E-state index contributed by atoms with van der Waals surface area (Å²) in [6.07, 6.45) is 4.61. The van der Waals surface area contributed by atoms with Crippen LogP contribution in [0, 0.1) is 0 Å². The van der Waals surface area contributed by atoms with Crippen molar-refractivity contribution in [1.29, 1.82) is 0 Å². The van der Waals surface area contributed by atoms with E-state index >= 15 is 0 Å². The maximum absolute atomic E-state index is 10.7. The highest BCUT2D eigenvalue weighted by Crippen LogP contribution is 2.30. The molecule has 94 valence electrons. The Morgan fingerprint density at radius 2 is 2.11 bits per heavy atom. The van der Waals surface area contributed by atoms with Gasteiger partial charge in [0, 0.05) is 12.4 Å². The van der Waals surface area contributed by atoms with E-state index in [9.17, 15) is 4.79 Å². The lowest BCUT2D eigenvalue weighted by Gasteiger charge is -2.01. The van der Waals surface area contributed by atoms with Gasteiger partial charge in [-0.3, -0.25) is 0 Å². The minimum atomic E-state index is -0.987. The maximum atomic E-state index is 10.7. The lowest BCUT2D eigenvalue weighted by molar-refractivity contribution is 0.0696. The quantitative estimate of drug-likeness (QED) is 0.789. The molecule has 3 aromatic heterocycles. The Bertz CT molecular complexity index is 737. The molecular formula is C13H8N2O3S. The SMILES string of the molecule is O=C(O)c1ccc(Sc2nccc3occc23)nc1. The van der Waals surface area contributed by atoms with Crippen molar-refractivity contribution >= 4 is 28.7 Å². The number of furan rings is 1. The van der Waals surface area contributed by atoms with Gasteiger partial charge in [0.2, 0.25) is 0 Å². The Hall–Kier alpha value is -2.34. The second-order valence-electron chi connectivity index (χ2n) is 3.74. The molecule has 0 aromatic carbocycles. The zero-order chi connectivity index (χ0) is 13.2. The van der Waals surface area contributed by atoms with Gasteiger partial charge in [-0.15, -0.1) is 0 Å². The highest BCUT2D eigenvalue weighted by atomic mass is 32.2. The van der Waals surface area contributed by atoms with Crippen LogP contribution >= 0.6 is 11.8 Å². The van der Waals surface area contributed by atoms with E-state index in [1.54, 1.807) is 24.6 Å². The van der Waals surface area contributed by atoms with Gasteiger partial charge < -0.3 is 9.52 Å². The van der Waals surface area contributed by atoms with Crippen LogP contribution in [-0.4, -0.2) is 21.0 Å². The van der Waals surface area contributed by atoms with Crippen LogP contribution in [0.2, 0.25) is 0 Å². The first kappa shape index (κ1) is 11.7. The highest BCUT2D eigenvalue weighted by molar-refractivity contribution is 7.99. The number of hydrogen-bond donors (Lipinski definition) is 1. The van der Waals surface area contributed by atoms with Gasteiger partial charge in [0.15, 0.2) is 0 Å². The van der Waals surface area contributed by atoms with E-state index in [-0.39, 0.29) is 5.56 Å². The van der Waals surface area contributed by atoms with Crippen molar-refractivity contribution in [3.8, 4) is 0 Å². The van der Waals surface area contributed by atoms with Crippen LogP contribution in [-0.2, 0) is 0 Å². The maximum Gasteiger partial charge on any atom is 0.337 e. The first-order chi connectivity index (χ1) is 9.24. The van der Waals surface area contributed by atoms with E-state index in [1.165, 1.54) is 24.0 Å². The van der Waals surface area contributed by atoms with Crippen LogP contribution < -0.4 is 0 Å². The molecule has 3 rings (SSSR count). The van der Waals surface area contributed by atoms with Gasteiger partial charge in [0.05, 0.1) is 17.2 Å². The molecule has 0 bridgehead atoms. The van der Waals surface area contributed by atoms with Gasteiger partial charge in [0.1, 0.15) is 15.6 Å². The average molecular weight is 272 g/mol. The van der Waals surface area contributed by atoms with Crippen molar-refractivity contribution in [2.24, 2.45) is 0 Å². The zero-order valence-electron chi connectivity index (χ0n) is 9.61. The van der Waals surface area contributed by atoms with Gasteiger partial charge in [0.25, 0.3) is 0 Å². The third-order valence-electron chi connectivity index (χ3n) is 2.53. The van der Waals surface area contributed by atoms with Gasteiger partial charge in [-0.1, -0.05) is 0 Å². The number of aromatic carboxylic acids is 1. The standard InChI is InChI=1S/C13H8N2O3S/c16-13(17)8-1-2-11(15-7-8)19-12-9-4-6-18-10(9)3-5-14-12/h1-7H,(H,16,17). The Morgan fingerprint density at radius 1 is 1.21 bits per heavy atom. The normalized spacial score (nSPS) is 10.7. The molecule has 0 aliphatic carbocycles. The first-order valence-electron chi connectivity index (χ1n) is 5.43. The third kappa shape index (κ3) is 2.30. The van der Waals surface area contributed by atoms with Crippen LogP contribution in [0.25, 0.3) is 11.0 Å². The molecule has 5 nitrogen and oxygen atoms in total.